The second-order valence-corrected chi connectivity index (χ2v) is 4.55. The minimum absolute atomic E-state index is 0.280. The van der Waals surface area contributed by atoms with Crippen molar-refractivity contribution in [3.05, 3.63) is 0 Å². The lowest BCUT2D eigenvalue weighted by atomic mass is 10.1. The molecule has 0 aromatic rings. The van der Waals surface area contributed by atoms with Crippen molar-refractivity contribution >= 4 is 22.7 Å². The molecule has 0 aliphatic carbocycles. The highest BCUT2D eigenvalue weighted by Gasteiger charge is 2.28. The van der Waals surface area contributed by atoms with Crippen LogP contribution in [0.15, 0.2) is 0 Å². The first-order valence-electron chi connectivity index (χ1n) is 3.74. The van der Waals surface area contributed by atoms with Crippen LogP contribution in [0.4, 0.5) is 0 Å². The molecule has 13 heavy (non-hydrogen) atoms. The third-order valence-corrected chi connectivity index (χ3v) is 3.30. The lowest BCUT2D eigenvalue weighted by Crippen LogP contribution is -2.35. The highest BCUT2D eigenvalue weighted by atomic mass is 32.2. The van der Waals surface area contributed by atoms with E-state index in [1.807, 2.05) is 0 Å². The Bertz CT molecular complexity index is 239. The highest BCUT2D eigenvalue weighted by molar-refractivity contribution is 7.87. The third kappa shape index (κ3) is 4.02. The topological polar surface area (TPSA) is 97.5 Å². The summed E-state index contributed by atoms with van der Waals surface area (Å²) in [6.07, 6.45) is 0. The Morgan fingerprint density at radius 1 is 1.46 bits per heavy atom. The minimum Gasteiger partial charge on any atom is -0.480 e. The fourth-order valence-corrected chi connectivity index (χ4v) is 2.22. The molecular weight excluding hydrogens is 194 g/mol. The van der Waals surface area contributed by atoms with Crippen LogP contribution in [0.2, 0.25) is 0 Å². The van der Waals surface area contributed by atoms with Crippen LogP contribution in [0, 0.1) is 5.92 Å². The summed E-state index contributed by atoms with van der Waals surface area (Å²) in [6, 6.07) is 0. The normalized spacial score (nSPS) is 15.3. The Hall–Kier alpha value is -0.910. The molecule has 0 spiro atoms. The monoisotopic (exact) mass is 207 g/mol. The molecule has 0 radical (unpaired) electrons. The number of nitrogens with two attached hydrogens (primary N) is 1. The van der Waals surface area contributed by atoms with Crippen molar-refractivity contribution in [3.8, 4) is 0 Å². The molecule has 76 valence electrons. The minimum atomic E-state index is -1.72. The van der Waals surface area contributed by atoms with Gasteiger partial charge >= 0.3 is 5.97 Å². The first-order valence-corrected chi connectivity index (χ1v) is 5.12. The molecule has 6 heteroatoms. The lowest BCUT2D eigenvalue weighted by molar-refractivity contribution is -0.137. The zero-order valence-corrected chi connectivity index (χ0v) is 8.34. The van der Waals surface area contributed by atoms with Crippen molar-refractivity contribution in [3.63, 3.8) is 0 Å². The number of rotatable bonds is 5. The van der Waals surface area contributed by atoms with Crippen LogP contribution in [0.1, 0.15) is 13.8 Å². The van der Waals surface area contributed by atoms with Crippen LogP contribution >= 0.6 is 0 Å². The standard InChI is InChI=1S/C7H13NO4S/c1-4(2)6(7(10)11)13(12)3-5(8)9/h4,6H,3H2,1-2H3,(H2,8,9)(H,10,11). The average Bonchev–Trinajstić information content (AvgIpc) is 1.81. The summed E-state index contributed by atoms with van der Waals surface area (Å²) in [4.78, 5) is 21.0. The van der Waals surface area contributed by atoms with Gasteiger partial charge in [0, 0.05) is 10.8 Å². The summed E-state index contributed by atoms with van der Waals surface area (Å²) < 4.78 is 11.3. The van der Waals surface area contributed by atoms with Crippen molar-refractivity contribution in [2.45, 2.75) is 19.1 Å². The summed E-state index contributed by atoms with van der Waals surface area (Å²) in [6.45, 7) is 3.27. The Labute approximate surface area is 78.8 Å². The molecule has 0 aromatic carbocycles. The largest absolute Gasteiger partial charge is 0.480 e. The second-order valence-electron chi connectivity index (χ2n) is 2.99. The molecule has 0 bridgehead atoms. The number of hydrogen-bond acceptors (Lipinski definition) is 3. The van der Waals surface area contributed by atoms with Crippen molar-refractivity contribution in [1.82, 2.24) is 0 Å². The first kappa shape index (κ1) is 12.1. The maximum atomic E-state index is 11.3. The van der Waals surface area contributed by atoms with Crippen LogP contribution in [0.25, 0.3) is 0 Å². The third-order valence-electron chi connectivity index (χ3n) is 1.42. The predicted octanol–water partition coefficient (Wildman–Crippen LogP) is -0.670. The zero-order valence-electron chi connectivity index (χ0n) is 7.52. The van der Waals surface area contributed by atoms with Crippen molar-refractivity contribution in [2.75, 3.05) is 5.75 Å². The van der Waals surface area contributed by atoms with E-state index in [4.69, 9.17) is 10.8 Å². The van der Waals surface area contributed by atoms with Gasteiger partial charge in [-0.05, 0) is 5.92 Å². The molecule has 0 fully saturated rings. The number of carboxylic acid groups (broad SMARTS) is 1. The van der Waals surface area contributed by atoms with Gasteiger partial charge in [0.1, 0.15) is 11.0 Å². The molecule has 5 nitrogen and oxygen atoms in total. The molecule has 0 aromatic heterocycles. The number of carboxylic acids is 1. The van der Waals surface area contributed by atoms with Gasteiger partial charge in [0.25, 0.3) is 0 Å². The van der Waals surface area contributed by atoms with Crippen LogP contribution in [0.3, 0.4) is 0 Å². The maximum absolute atomic E-state index is 11.3. The Balaban J connectivity index is 4.47. The van der Waals surface area contributed by atoms with Crippen LogP contribution in [-0.2, 0) is 20.4 Å². The van der Waals surface area contributed by atoms with Crippen molar-refractivity contribution in [1.29, 1.82) is 0 Å². The van der Waals surface area contributed by atoms with E-state index in [1.54, 1.807) is 13.8 Å². The van der Waals surface area contributed by atoms with Crippen LogP contribution in [-0.4, -0.2) is 32.2 Å². The zero-order chi connectivity index (χ0) is 10.6. The van der Waals surface area contributed by atoms with Gasteiger partial charge in [0.15, 0.2) is 0 Å². The van der Waals surface area contributed by atoms with Gasteiger partial charge in [-0.3, -0.25) is 13.8 Å². The number of hydrogen-bond donors (Lipinski definition) is 2. The summed E-state index contributed by atoms with van der Waals surface area (Å²) in [7, 11) is -1.72. The van der Waals surface area contributed by atoms with E-state index in [9.17, 15) is 13.8 Å². The van der Waals surface area contributed by atoms with Gasteiger partial charge in [-0.25, -0.2) is 0 Å². The molecule has 3 N–H and O–H groups in total. The Morgan fingerprint density at radius 3 is 2.15 bits per heavy atom. The summed E-state index contributed by atoms with van der Waals surface area (Å²) in [5.74, 6) is -2.58. The smallest absolute Gasteiger partial charge is 0.319 e. The summed E-state index contributed by atoms with van der Waals surface area (Å²) in [5.41, 5.74) is 4.81. The van der Waals surface area contributed by atoms with E-state index in [2.05, 4.69) is 0 Å². The van der Waals surface area contributed by atoms with Gasteiger partial charge in [-0.15, -0.1) is 0 Å². The summed E-state index contributed by atoms with van der Waals surface area (Å²) in [5, 5.41) is 7.66. The Morgan fingerprint density at radius 2 is 1.92 bits per heavy atom. The molecule has 0 saturated carbocycles. The highest BCUT2D eigenvalue weighted by Crippen LogP contribution is 2.09. The number of carbonyl (C=O) groups excluding carboxylic acids is 1. The maximum Gasteiger partial charge on any atom is 0.319 e. The second kappa shape index (κ2) is 4.96. The van der Waals surface area contributed by atoms with E-state index in [-0.39, 0.29) is 5.92 Å². The summed E-state index contributed by atoms with van der Waals surface area (Å²) >= 11 is 0. The SMILES string of the molecule is CC(C)C(C(=O)O)S(=O)CC(N)=O. The number of aliphatic carboxylic acids is 1. The first-order chi connectivity index (χ1) is 5.86. The van der Waals surface area contributed by atoms with Crippen molar-refractivity contribution < 1.29 is 18.9 Å². The molecule has 0 rings (SSSR count). The van der Waals surface area contributed by atoms with Crippen LogP contribution in [0.5, 0.6) is 0 Å². The van der Waals surface area contributed by atoms with Gasteiger partial charge in [-0.2, -0.15) is 0 Å². The van der Waals surface area contributed by atoms with Gasteiger partial charge in [0.2, 0.25) is 5.91 Å². The van der Waals surface area contributed by atoms with E-state index >= 15 is 0 Å². The molecule has 0 aliphatic rings. The molecule has 2 unspecified atom stereocenters. The predicted molar refractivity (Wildman–Crippen MR) is 48.5 cm³/mol. The molecule has 0 aliphatic heterocycles. The van der Waals surface area contributed by atoms with E-state index in [1.165, 1.54) is 0 Å². The number of amides is 1. The fourth-order valence-electron chi connectivity index (χ4n) is 0.931. The van der Waals surface area contributed by atoms with Gasteiger partial charge in [-0.1, -0.05) is 13.8 Å². The quantitative estimate of drug-likeness (QED) is 0.624. The molecule has 1 amide bonds. The average molecular weight is 207 g/mol. The van der Waals surface area contributed by atoms with Crippen molar-refractivity contribution in [2.24, 2.45) is 11.7 Å². The molecular formula is C7H13NO4S. The number of carbonyl (C=O) groups is 2. The van der Waals surface area contributed by atoms with E-state index in [0.29, 0.717) is 0 Å². The van der Waals surface area contributed by atoms with E-state index in [0.717, 1.165) is 0 Å². The molecule has 0 heterocycles. The fraction of sp³-hybridized carbons (Fsp3) is 0.714. The lowest BCUT2D eigenvalue weighted by Gasteiger charge is -2.14. The van der Waals surface area contributed by atoms with E-state index < -0.39 is 33.7 Å². The number of primary amides is 1. The molecule has 2 atom stereocenters. The van der Waals surface area contributed by atoms with Crippen LogP contribution < -0.4 is 5.73 Å². The van der Waals surface area contributed by atoms with Gasteiger partial charge in [0.05, 0.1) is 0 Å². The molecule has 0 saturated heterocycles. The van der Waals surface area contributed by atoms with Gasteiger partial charge < -0.3 is 10.8 Å². The Kier molecular flexibility index (Phi) is 4.61.